The van der Waals surface area contributed by atoms with Gasteiger partial charge < -0.3 is 0 Å². The largest absolute Gasteiger partial charge is 0.244 e. The smallest absolute Gasteiger partial charge is 0.199 e. The lowest BCUT2D eigenvalue weighted by atomic mass is 10.1. The topological polar surface area (TPSA) is 81.2 Å². The Hall–Kier alpha value is -2.40. The molecule has 31 heavy (non-hydrogen) atoms. The Balaban J connectivity index is 2.02. The van der Waals surface area contributed by atoms with Gasteiger partial charge in [0.15, 0.2) is 19.7 Å². The van der Waals surface area contributed by atoms with Gasteiger partial charge in [-0.25, -0.2) is 26.2 Å². The average molecular weight is 494 g/mol. The maximum Gasteiger partial charge on any atom is 0.199 e. The summed E-state index contributed by atoms with van der Waals surface area (Å²) in [7, 11) is -7.71. The van der Waals surface area contributed by atoms with E-state index in [4.69, 9.17) is 0 Å². The van der Waals surface area contributed by atoms with Crippen LogP contribution in [0.25, 0.3) is 11.3 Å². The molecule has 0 aliphatic heterocycles. The summed E-state index contributed by atoms with van der Waals surface area (Å²) in [6.45, 7) is 0. The minimum absolute atomic E-state index is 0.0569. The Labute approximate surface area is 187 Å². The molecular formula is C21H16FNO4S4. The van der Waals surface area contributed by atoms with E-state index in [0.29, 0.717) is 16.1 Å². The normalized spacial score (nSPS) is 13.2. The summed E-state index contributed by atoms with van der Waals surface area (Å²) in [6.07, 6.45) is 1.05. The number of halogens is 1. The molecule has 0 fully saturated rings. The summed E-state index contributed by atoms with van der Waals surface area (Å²) >= 11 is 2.19. The van der Waals surface area contributed by atoms with E-state index in [9.17, 15) is 21.2 Å². The molecule has 0 N–H and O–H groups in total. The number of nitrogens with zero attached hydrogens (tertiary/aromatic N) is 1. The maximum absolute atomic E-state index is 13.7. The summed E-state index contributed by atoms with van der Waals surface area (Å²) in [5.74, 6) is -0.425. The van der Waals surface area contributed by atoms with Gasteiger partial charge in [0.1, 0.15) is 15.3 Å². The van der Waals surface area contributed by atoms with Gasteiger partial charge in [-0.3, -0.25) is 0 Å². The Morgan fingerprint density at radius 2 is 1.61 bits per heavy atom. The number of benzene rings is 2. The van der Waals surface area contributed by atoms with Crippen molar-refractivity contribution in [3.05, 3.63) is 87.8 Å². The average Bonchev–Trinajstić information content (AvgIpc) is 3.41. The molecule has 0 saturated heterocycles. The molecule has 0 radical (unpaired) electrons. The highest BCUT2D eigenvalue weighted by Gasteiger charge is 2.37. The molecule has 5 nitrogen and oxygen atoms in total. The van der Waals surface area contributed by atoms with Crippen LogP contribution in [0, 0.1) is 5.82 Å². The molecule has 4 rings (SSSR count). The molecule has 0 bridgehead atoms. The third-order valence-electron chi connectivity index (χ3n) is 4.64. The standard InChI is InChI=1S/C21H16FNO4S4/c1-30(24,25)17-6-3-2-5-16(17)21(31(26,27)18-7-4-12-28-18)20-19(23-13-29-20)14-8-10-15(22)11-9-14/h2-13,21H,1H3. The monoisotopic (exact) mass is 493 g/mol. The number of hydrogen-bond acceptors (Lipinski definition) is 7. The van der Waals surface area contributed by atoms with Gasteiger partial charge in [-0.05, 0) is 47.3 Å². The highest BCUT2D eigenvalue weighted by molar-refractivity contribution is 7.94. The summed E-state index contributed by atoms with van der Waals surface area (Å²) in [5, 5.41) is 0.365. The quantitative estimate of drug-likeness (QED) is 0.379. The SMILES string of the molecule is CS(=O)(=O)c1ccccc1C(c1scnc1-c1ccc(F)cc1)S(=O)(=O)c1cccs1. The molecule has 2 aromatic carbocycles. The van der Waals surface area contributed by atoms with E-state index in [1.54, 1.807) is 23.6 Å². The molecule has 1 unspecified atom stereocenters. The maximum atomic E-state index is 13.7. The first-order valence-corrected chi connectivity index (χ1v) is 14.1. The van der Waals surface area contributed by atoms with E-state index in [-0.39, 0.29) is 14.7 Å². The Kier molecular flexibility index (Phi) is 5.82. The van der Waals surface area contributed by atoms with Crippen LogP contribution in [0.1, 0.15) is 15.7 Å². The van der Waals surface area contributed by atoms with Crippen LogP contribution in [0.5, 0.6) is 0 Å². The fourth-order valence-corrected chi connectivity index (χ4v) is 8.53. The van der Waals surface area contributed by atoms with Crippen LogP contribution in [0.4, 0.5) is 4.39 Å². The lowest BCUT2D eigenvalue weighted by molar-refractivity contribution is 0.590. The van der Waals surface area contributed by atoms with Crippen molar-refractivity contribution in [2.24, 2.45) is 0 Å². The molecule has 0 aliphatic carbocycles. The van der Waals surface area contributed by atoms with Crippen LogP contribution >= 0.6 is 22.7 Å². The highest BCUT2D eigenvalue weighted by Crippen LogP contribution is 2.44. The molecule has 2 aromatic heterocycles. The molecule has 10 heteroatoms. The number of sulfone groups is 2. The fourth-order valence-electron chi connectivity index (χ4n) is 3.29. The molecule has 0 spiro atoms. The molecule has 0 amide bonds. The van der Waals surface area contributed by atoms with Crippen LogP contribution in [-0.2, 0) is 19.7 Å². The van der Waals surface area contributed by atoms with Gasteiger partial charge in [0.25, 0.3) is 0 Å². The highest BCUT2D eigenvalue weighted by atomic mass is 32.2. The zero-order valence-electron chi connectivity index (χ0n) is 16.1. The molecule has 0 aliphatic rings. The van der Waals surface area contributed by atoms with Crippen LogP contribution in [0.15, 0.2) is 80.7 Å². The summed E-state index contributed by atoms with van der Waals surface area (Å²) in [5.41, 5.74) is 2.58. The van der Waals surface area contributed by atoms with Gasteiger partial charge in [-0.2, -0.15) is 0 Å². The van der Waals surface area contributed by atoms with Gasteiger partial charge in [-0.15, -0.1) is 22.7 Å². The number of aromatic nitrogens is 1. The molecule has 1 atom stereocenters. The van der Waals surface area contributed by atoms with Crippen LogP contribution in [0.3, 0.4) is 0 Å². The third-order valence-corrected chi connectivity index (χ3v) is 10.3. The van der Waals surface area contributed by atoms with Crippen molar-refractivity contribution in [2.75, 3.05) is 6.26 Å². The van der Waals surface area contributed by atoms with E-state index >= 15 is 0 Å². The molecule has 2 heterocycles. The second kappa shape index (κ2) is 8.27. The number of thiazole rings is 1. The second-order valence-corrected chi connectivity index (χ2v) is 12.8. The van der Waals surface area contributed by atoms with Gasteiger partial charge in [0.2, 0.25) is 0 Å². The Morgan fingerprint density at radius 3 is 2.26 bits per heavy atom. The van der Waals surface area contributed by atoms with Crippen LogP contribution in [-0.4, -0.2) is 28.1 Å². The number of rotatable bonds is 6. The van der Waals surface area contributed by atoms with E-state index < -0.39 is 30.7 Å². The van der Waals surface area contributed by atoms with Gasteiger partial charge in [-0.1, -0.05) is 24.3 Å². The van der Waals surface area contributed by atoms with Crippen molar-refractivity contribution in [3.63, 3.8) is 0 Å². The van der Waals surface area contributed by atoms with Crippen LogP contribution < -0.4 is 0 Å². The van der Waals surface area contributed by atoms with Crippen molar-refractivity contribution in [1.82, 2.24) is 4.98 Å². The molecule has 160 valence electrons. The third kappa shape index (κ3) is 4.20. The number of thiophene rings is 1. The van der Waals surface area contributed by atoms with Gasteiger partial charge >= 0.3 is 0 Å². The Bertz CT molecular complexity index is 1420. The van der Waals surface area contributed by atoms with E-state index in [2.05, 4.69) is 4.98 Å². The van der Waals surface area contributed by atoms with Crippen molar-refractivity contribution in [1.29, 1.82) is 0 Å². The zero-order chi connectivity index (χ0) is 22.2. The van der Waals surface area contributed by atoms with E-state index in [0.717, 1.165) is 28.9 Å². The van der Waals surface area contributed by atoms with Crippen molar-refractivity contribution in [3.8, 4) is 11.3 Å². The Morgan fingerprint density at radius 1 is 0.903 bits per heavy atom. The van der Waals surface area contributed by atoms with E-state index in [1.165, 1.54) is 48.0 Å². The predicted molar refractivity (Wildman–Crippen MR) is 120 cm³/mol. The van der Waals surface area contributed by atoms with Crippen molar-refractivity contribution in [2.45, 2.75) is 14.4 Å². The van der Waals surface area contributed by atoms with Crippen molar-refractivity contribution >= 4 is 42.3 Å². The molecule has 0 saturated carbocycles. The first-order valence-electron chi connectivity index (χ1n) is 8.95. The van der Waals surface area contributed by atoms with Gasteiger partial charge in [0.05, 0.1) is 21.0 Å². The second-order valence-electron chi connectivity index (χ2n) is 6.74. The number of hydrogen-bond donors (Lipinski definition) is 0. The van der Waals surface area contributed by atoms with Crippen molar-refractivity contribution < 1.29 is 21.2 Å². The van der Waals surface area contributed by atoms with Gasteiger partial charge in [0, 0.05) is 11.8 Å². The fraction of sp³-hybridized carbons (Fsp3) is 0.0952. The van der Waals surface area contributed by atoms with Crippen LogP contribution in [0.2, 0.25) is 0 Å². The summed E-state index contributed by atoms with van der Waals surface area (Å²) < 4.78 is 66.0. The first kappa shape index (κ1) is 21.8. The lowest BCUT2D eigenvalue weighted by Gasteiger charge is -2.20. The molecular weight excluding hydrogens is 478 g/mol. The predicted octanol–water partition coefficient (Wildman–Crippen LogP) is 4.98. The zero-order valence-corrected chi connectivity index (χ0v) is 19.4. The summed E-state index contributed by atoms with van der Waals surface area (Å²) in [4.78, 5) is 4.65. The molecule has 4 aromatic rings. The minimum atomic E-state index is -4.00. The van der Waals surface area contributed by atoms with E-state index in [1.807, 2.05) is 0 Å². The lowest BCUT2D eigenvalue weighted by Crippen LogP contribution is -2.17. The first-order chi connectivity index (χ1) is 14.7. The summed E-state index contributed by atoms with van der Waals surface area (Å²) in [6, 6.07) is 14.8. The minimum Gasteiger partial charge on any atom is -0.244 e.